The fourth-order valence-corrected chi connectivity index (χ4v) is 6.28. The van der Waals surface area contributed by atoms with Crippen molar-refractivity contribution in [1.82, 2.24) is 0 Å². The van der Waals surface area contributed by atoms with E-state index in [4.69, 9.17) is 11.5 Å². The fraction of sp³-hybridized carbons (Fsp3) is 0.533. The van der Waals surface area contributed by atoms with Crippen LogP contribution in [0.4, 0.5) is 0 Å². The Bertz CT molecular complexity index is 946. The van der Waals surface area contributed by atoms with Crippen molar-refractivity contribution in [2.24, 2.45) is 23.3 Å². The number of nitrogens with zero attached hydrogens (tertiary/aromatic N) is 2. The maximum Gasteiger partial charge on any atom is 0.248 e. The van der Waals surface area contributed by atoms with E-state index >= 15 is 0 Å². The van der Waals surface area contributed by atoms with Crippen molar-refractivity contribution >= 4 is 11.8 Å². The molecule has 0 aromatic heterocycles. The van der Waals surface area contributed by atoms with Crippen LogP contribution in [0.2, 0.25) is 0 Å². The normalized spacial score (nSPS) is 28.5. The van der Waals surface area contributed by atoms with Gasteiger partial charge in [0, 0.05) is 22.3 Å². The third-order valence-electron chi connectivity index (χ3n) is 8.90. The molecule has 36 heavy (non-hydrogen) atoms. The largest absolute Gasteiger partial charge is 0.366 e. The Morgan fingerprint density at radius 3 is 1.22 bits per heavy atom. The van der Waals surface area contributed by atoms with E-state index in [1.807, 2.05) is 24.3 Å². The molecule has 4 rings (SSSR count). The molecule has 0 spiro atoms. The summed E-state index contributed by atoms with van der Waals surface area (Å²) in [5.41, 5.74) is 14.5. The van der Waals surface area contributed by atoms with E-state index in [0.29, 0.717) is 11.1 Å². The number of carbonyl (C=O) groups excluding carboxylic acids is 2. The predicted octanol–water partition coefficient (Wildman–Crippen LogP) is 4.08. The van der Waals surface area contributed by atoms with Gasteiger partial charge in [0.25, 0.3) is 0 Å². The highest BCUT2D eigenvalue weighted by Crippen LogP contribution is 2.32. The zero-order chi connectivity index (χ0) is 25.8. The molecule has 6 heteroatoms. The first-order chi connectivity index (χ1) is 17.1. The summed E-state index contributed by atoms with van der Waals surface area (Å²) >= 11 is 0. The van der Waals surface area contributed by atoms with Crippen LogP contribution in [0.3, 0.4) is 0 Å². The van der Waals surface area contributed by atoms with Crippen molar-refractivity contribution in [2.45, 2.75) is 51.6 Å². The molecular formula is C30H44N4O2+2. The number of hydrogen-bond acceptors (Lipinski definition) is 2. The number of rotatable bonds is 9. The van der Waals surface area contributed by atoms with Crippen LogP contribution in [0.1, 0.15) is 70.4 Å². The standard InChI is InChI=1S/C30H42N4O2/c1-33(21-25-5-9-27(10-6-25)29(31)35)17-13-23(14-18-33)3-4-24-15-19-34(2,20-16-24)22-26-7-11-28(12-8-26)30(32)36/h5-12,23-24H,3-4,13-22H2,1-2H3,(H2-2,31,32,35,36)/p+2. The number of quaternary nitrogens is 2. The molecule has 2 aliphatic heterocycles. The van der Waals surface area contributed by atoms with Gasteiger partial charge in [-0.3, -0.25) is 9.59 Å². The van der Waals surface area contributed by atoms with Gasteiger partial charge in [-0.2, -0.15) is 0 Å². The molecule has 2 heterocycles. The Kier molecular flexibility index (Phi) is 8.16. The first-order valence-corrected chi connectivity index (χ1v) is 13.6. The molecule has 2 aliphatic rings. The van der Waals surface area contributed by atoms with Gasteiger partial charge in [-0.1, -0.05) is 24.3 Å². The second kappa shape index (κ2) is 11.1. The number of hydrogen-bond donors (Lipinski definition) is 2. The van der Waals surface area contributed by atoms with E-state index < -0.39 is 0 Å². The highest BCUT2D eigenvalue weighted by atomic mass is 16.1. The van der Waals surface area contributed by atoms with Gasteiger partial charge in [-0.25, -0.2) is 0 Å². The second-order valence-electron chi connectivity index (χ2n) is 12.0. The van der Waals surface area contributed by atoms with Gasteiger partial charge in [0.05, 0.1) is 40.3 Å². The first kappa shape index (κ1) is 26.4. The monoisotopic (exact) mass is 492 g/mol. The molecule has 4 N–H and O–H groups in total. The van der Waals surface area contributed by atoms with Crippen molar-refractivity contribution in [2.75, 3.05) is 40.3 Å². The number of carbonyl (C=O) groups is 2. The lowest BCUT2D eigenvalue weighted by molar-refractivity contribution is -0.928. The van der Waals surface area contributed by atoms with Crippen molar-refractivity contribution in [3.63, 3.8) is 0 Å². The summed E-state index contributed by atoms with van der Waals surface area (Å²) in [6.45, 7) is 6.98. The Morgan fingerprint density at radius 1 is 0.639 bits per heavy atom. The minimum absolute atomic E-state index is 0.361. The smallest absolute Gasteiger partial charge is 0.248 e. The van der Waals surface area contributed by atoms with Crippen LogP contribution in [0.5, 0.6) is 0 Å². The zero-order valence-electron chi connectivity index (χ0n) is 22.1. The number of amides is 2. The van der Waals surface area contributed by atoms with Gasteiger partial charge in [0.1, 0.15) is 13.1 Å². The van der Waals surface area contributed by atoms with Crippen LogP contribution in [0.15, 0.2) is 48.5 Å². The highest BCUT2D eigenvalue weighted by Gasteiger charge is 2.33. The molecule has 0 aliphatic carbocycles. The molecule has 0 bridgehead atoms. The molecule has 0 radical (unpaired) electrons. The van der Waals surface area contributed by atoms with Crippen LogP contribution in [0.25, 0.3) is 0 Å². The van der Waals surface area contributed by atoms with Crippen LogP contribution >= 0.6 is 0 Å². The van der Waals surface area contributed by atoms with Gasteiger partial charge < -0.3 is 20.4 Å². The van der Waals surface area contributed by atoms with Gasteiger partial charge in [0.2, 0.25) is 11.8 Å². The van der Waals surface area contributed by atoms with E-state index in [9.17, 15) is 9.59 Å². The zero-order valence-corrected chi connectivity index (χ0v) is 22.1. The summed E-state index contributed by atoms with van der Waals surface area (Å²) < 4.78 is 2.18. The number of primary amides is 2. The maximum absolute atomic E-state index is 11.3. The second-order valence-corrected chi connectivity index (χ2v) is 12.0. The molecule has 194 valence electrons. The van der Waals surface area contributed by atoms with E-state index in [1.165, 1.54) is 75.8 Å². The lowest BCUT2D eigenvalue weighted by Crippen LogP contribution is -2.49. The lowest BCUT2D eigenvalue weighted by atomic mass is 9.84. The molecular weight excluding hydrogens is 448 g/mol. The number of piperidine rings is 2. The van der Waals surface area contributed by atoms with Crippen molar-refractivity contribution < 1.29 is 18.6 Å². The Labute approximate surface area is 216 Å². The maximum atomic E-state index is 11.3. The molecule has 0 unspecified atom stereocenters. The van der Waals surface area contributed by atoms with Crippen molar-refractivity contribution in [1.29, 1.82) is 0 Å². The summed E-state index contributed by atoms with van der Waals surface area (Å²) in [4.78, 5) is 22.6. The van der Waals surface area contributed by atoms with Gasteiger partial charge in [0.15, 0.2) is 0 Å². The summed E-state index contributed by atoms with van der Waals surface area (Å²) in [5, 5.41) is 0. The minimum Gasteiger partial charge on any atom is -0.366 e. The van der Waals surface area contributed by atoms with E-state index in [1.54, 1.807) is 0 Å². The summed E-state index contributed by atoms with van der Waals surface area (Å²) in [6, 6.07) is 15.6. The number of benzene rings is 2. The predicted molar refractivity (Wildman–Crippen MR) is 144 cm³/mol. The average Bonchev–Trinajstić information content (AvgIpc) is 2.85. The van der Waals surface area contributed by atoms with E-state index in [2.05, 4.69) is 38.4 Å². The Morgan fingerprint density at radius 2 is 0.944 bits per heavy atom. The lowest BCUT2D eigenvalue weighted by Gasteiger charge is -2.42. The fourth-order valence-electron chi connectivity index (χ4n) is 6.28. The van der Waals surface area contributed by atoms with E-state index in [0.717, 1.165) is 33.9 Å². The van der Waals surface area contributed by atoms with Crippen molar-refractivity contribution in [3.05, 3.63) is 70.8 Å². The van der Waals surface area contributed by atoms with Gasteiger partial charge in [-0.15, -0.1) is 0 Å². The molecule has 0 atom stereocenters. The Balaban J connectivity index is 1.17. The topological polar surface area (TPSA) is 86.2 Å². The molecule has 2 aromatic carbocycles. The summed E-state index contributed by atoms with van der Waals surface area (Å²) in [6.07, 6.45) is 8.01. The minimum atomic E-state index is -0.361. The van der Waals surface area contributed by atoms with Gasteiger partial charge in [-0.05, 0) is 74.6 Å². The molecule has 0 saturated carbocycles. The van der Waals surface area contributed by atoms with Crippen LogP contribution in [0, 0.1) is 11.8 Å². The van der Waals surface area contributed by atoms with Crippen LogP contribution in [-0.2, 0) is 13.1 Å². The third-order valence-corrected chi connectivity index (χ3v) is 8.90. The molecule has 2 fully saturated rings. The van der Waals surface area contributed by atoms with Crippen LogP contribution in [-0.4, -0.2) is 61.1 Å². The molecule has 2 amide bonds. The van der Waals surface area contributed by atoms with Gasteiger partial charge >= 0.3 is 0 Å². The average molecular weight is 493 g/mol. The molecule has 6 nitrogen and oxygen atoms in total. The summed E-state index contributed by atoms with van der Waals surface area (Å²) in [5.74, 6) is 1.00. The quantitative estimate of drug-likeness (QED) is 0.517. The SMILES string of the molecule is C[N+]1(Cc2ccc(C(N)=O)cc2)CCC(CCC2CC[N+](C)(Cc3ccc(C(N)=O)cc3)CC2)CC1. The third kappa shape index (κ3) is 6.95. The molecule has 2 aromatic rings. The van der Waals surface area contributed by atoms with Crippen molar-refractivity contribution in [3.8, 4) is 0 Å². The van der Waals surface area contributed by atoms with Crippen LogP contribution < -0.4 is 11.5 Å². The summed E-state index contributed by atoms with van der Waals surface area (Å²) in [7, 11) is 4.75. The van der Waals surface area contributed by atoms with E-state index in [-0.39, 0.29) is 11.8 Å². The number of nitrogens with two attached hydrogens (primary N) is 2. The number of likely N-dealkylation sites (tertiary alicyclic amines) is 2. The first-order valence-electron chi connectivity index (χ1n) is 13.6. The molecule has 2 saturated heterocycles. The highest BCUT2D eigenvalue weighted by molar-refractivity contribution is 5.93. The Hall–Kier alpha value is -2.70.